The molecule has 4 rings (SSSR count). The van der Waals surface area contributed by atoms with Crippen LogP contribution in [-0.4, -0.2) is 53.2 Å². The number of nitrogens with one attached hydrogen (secondary N) is 1. The van der Waals surface area contributed by atoms with Gasteiger partial charge in [0.15, 0.2) is 0 Å². The van der Waals surface area contributed by atoms with Crippen LogP contribution in [0.4, 0.5) is 10.1 Å². The van der Waals surface area contributed by atoms with Gasteiger partial charge in [-0.15, -0.1) is 0 Å². The largest absolute Gasteiger partial charge is 0.339 e. The highest BCUT2D eigenvalue weighted by Gasteiger charge is 2.39. The lowest BCUT2D eigenvalue weighted by Crippen LogP contribution is -2.59. The summed E-state index contributed by atoms with van der Waals surface area (Å²) in [4.78, 5) is 40.5. The van der Waals surface area contributed by atoms with E-state index in [0.29, 0.717) is 28.9 Å². The summed E-state index contributed by atoms with van der Waals surface area (Å²) >= 11 is 5.81. The molecule has 0 aromatic heterocycles. The van der Waals surface area contributed by atoms with Crippen LogP contribution in [0.2, 0.25) is 5.02 Å². The van der Waals surface area contributed by atoms with Crippen molar-refractivity contribution in [3.05, 3.63) is 52.8 Å². The van der Waals surface area contributed by atoms with Gasteiger partial charge in [0.05, 0.1) is 17.8 Å². The lowest BCUT2D eigenvalue weighted by Gasteiger charge is -2.38. The number of hydrogen-bond donors (Lipinski definition) is 1. The van der Waals surface area contributed by atoms with Gasteiger partial charge in [-0.3, -0.25) is 14.4 Å². The lowest BCUT2D eigenvalue weighted by molar-refractivity contribution is -0.133. The van der Waals surface area contributed by atoms with E-state index in [1.165, 1.54) is 17.9 Å². The van der Waals surface area contributed by atoms with Crippen molar-refractivity contribution in [2.45, 2.75) is 13.0 Å². The molecule has 1 saturated heterocycles. The second-order valence-corrected chi connectivity index (χ2v) is 7.29. The fraction of sp³-hybridized carbons (Fsp3) is 0.250. The van der Waals surface area contributed by atoms with Crippen LogP contribution >= 0.6 is 11.6 Å². The van der Waals surface area contributed by atoms with E-state index in [4.69, 9.17) is 11.6 Å². The minimum Gasteiger partial charge on any atom is -0.339 e. The Hall–Kier alpha value is -2.93. The molecular formula is C20H17ClFN3O3. The Bertz CT molecular complexity index is 1010. The third-order valence-corrected chi connectivity index (χ3v) is 5.37. The van der Waals surface area contributed by atoms with Gasteiger partial charge in [-0.25, -0.2) is 4.39 Å². The summed E-state index contributed by atoms with van der Waals surface area (Å²) in [7, 11) is 0. The maximum Gasteiger partial charge on any atom is 0.256 e. The zero-order chi connectivity index (χ0) is 20.0. The van der Waals surface area contributed by atoms with E-state index in [0.717, 1.165) is 0 Å². The number of carbonyl (C=O) groups excluding carboxylic acids is 3. The van der Waals surface area contributed by atoms with Gasteiger partial charge < -0.3 is 15.1 Å². The van der Waals surface area contributed by atoms with Crippen LogP contribution in [0, 0.1) is 5.82 Å². The highest BCUT2D eigenvalue weighted by atomic mass is 35.5. The van der Waals surface area contributed by atoms with Crippen molar-refractivity contribution in [1.29, 1.82) is 0 Å². The molecule has 2 aromatic rings. The fourth-order valence-electron chi connectivity index (χ4n) is 3.63. The van der Waals surface area contributed by atoms with Gasteiger partial charge in [0.1, 0.15) is 11.9 Å². The molecule has 2 aromatic carbocycles. The number of anilines is 1. The van der Waals surface area contributed by atoms with Crippen LogP contribution in [0.5, 0.6) is 0 Å². The van der Waals surface area contributed by atoms with E-state index < -0.39 is 11.9 Å². The average molecular weight is 402 g/mol. The third kappa shape index (κ3) is 3.11. The zero-order valence-corrected chi connectivity index (χ0v) is 15.8. The van der Waals surface area contributed by atoms with Crippen LogP contribution in [0.25, 0.3) is 11.1 Å². The molecule has 0 radical (unpaired) electrons. The molecule has 6 nitrogen and oxygen atoms in total. The smallest absolute Gasteiger partial charge is 0.256 e. The maximum atomic E-state index is 14.3. The number of carbonyl (C=O) groups is 3. The second kappa shape index (κ2) is 6.91. The highest BCUT2D eigenvalue weighted by Crippen LogP contribution is 2.32. The number of piperazine rings is 1. The maximum absolute atomic E-state index is 14.3. The van der Waals surface area contributed by atoms with Gasteiger partial charge in [-0.1, -0.05) is 17.7 Å². The first kappa shape index (κ1) is 18.4. The summed E-state index contributed by atoms with van der Waals surface area (Å²) in [5.41, 5.74) is 1.49. The summed E-state index contributed by atoms with van der Waals surface area (Å²) in [5, 5.41) is 3.04. The Morgan fingerprint density at radius 1 is 1.14 bits per heavy atom. The van der Waals surface area contributed by atoms with Gasteiger partial charge in [0.2, 0.25) is 11.8 Å². The van der Waals surface area contributed by atoms with E-state index >= 15 is 0 Å². The topological polar surface area (TPSA) is 69.7 Å². The molecule has 0 saturated carbocycles. The van der Waals surface area contributed by atoms with Crippen LogP contribution in [0.15, 0.2) is 36.4 Å². The Morgan fingerprint density at radius 3 is 2.64 bits per heavy atom. The van der Waals surface area contributed by atoms with Crippen molar-refractivity contribution in [3.63, 3.8) is 0 Å². The van der Waals surface area contributed by atoms with Gasteiger partial charge >= 0.3 is 0 Å². The van der Waals surface area contributed by atoms with Crippen LogP contribution < -0.4 is 5.32 Å². The van der Waals surface area contributed by atoms with Gasteiger partial charge in [-0.05, 0) is 35.9 Å². The highest BCUT2D eigenvalue weighted by molar-refractivity contribution is 6.30. The molecule has 0 bridgehead atoms. The monoisotopic (exact) mass is 401 g/mol. The van der Waals surface area contributed by atoms with E-state index in [9.17, 15) is 18.8 Å². The van der Waals surface area contributed by atoms with Gasteiger partial charge in [-0.2, -0.15) is 0 Å². The number of nitrogens with zero attached hydrogens (tertiary/aromatic N) is 2. The number of halogens is 2. The van der Waals surface area contributed by atoms with Crippen LogP contribution in [0.1, 0.15) is 17.3 Å². The summed E-state index contributed by atoms with van der Waals surface area (Å²) in [6, 6.07) is 8.39. The Balaban J connectivity index is 1.73. The lowest BCUT2D eigenvalue weighted by atomic mass is 10.0. The zero-order valence-electron chi connectivity index (χ0n) is 15.0. The number of rotatable bonds is 1. The quantitative estimate of drug-likeness (QED) is 0.798. The van der Waals surface area contributed by atoms with Gasteiger partial charge in [0.25, 0.3) is 5.91 Å². The van der Waals surface area contributed by atoms with Crippen LogP contribution in [0.3, 0.4) is 0 Å². The molecule has 8 heteroatoms. The summed E-state index contributed by atoms with van der Waals surface area (Å²) < 4.78 is 14.3. The van der Waals surface area contributed by atoms with Gasteiger partial charge in [0, 0.05) is 30.6 Å². The normalized spacial score (nSPS) is 18.9. The predicted molar refractivity (Wildman–Crippen MR) is 103 cm³/mol. The Morgan fingerprint density at radius 2 is 1.93 bits per heavy atom. The Kier molecular flexibility index (Phi) is 4.55. The number of hydrogen-bond acceptors (Lipinski definition) is 3. The molecule has 2 heterocycles. The van der Waals surface area contributed by atoms with Crippen molar-refractivity contribution in [2.75, 3.05) is 25.0 Å². The average Bonchev–Trinajstić information content (AvgIpc) is 2.76. The first-order chi connectivity index (χ1) is 13.3. The fourth-order valence-corrected chi connectivity index (χ4v) is 3.79. The van der Waals surface area contributed by atoms with E-state index in [1.54, 1.807) is 35.2 Å². The molecule has 2 aliphatic heterocycles. The van der Waals surface area contributed by atoms with E-state index in [1.807, 2.05) is 0 Å². The molecule has 0 spiro atoms. The Labute approximate surface area is 165 Å². The third-order valence-electron chi connectivity index (χ3n) is 5.14. The minimum absolute atomic E-state index is 0.137. The summed E-state index contributed by atoms with van der Waals surface area (Å²) in [6.07, 6.45) is 0. The first-order valence-electron chi connectivity index (χ1n) is 8.82. The molecule has 0 aliphatic carbocycles. The number of benzene rings is 2. The van der Waals surface area contributed by atoms with E-state index in [-0.39, 0.29) is 35.8 Å². The number of amides is 3. The second-order valence-electron chi connectivity index (χ2n) is 6.85. The van der Waals surface area contributed by atoms with E-state index in [2.05, 4.69) is 5.32 Å². The van der Waals surface area contributed by atoms with Crippen LogP contribution in [-0.2, 0) is 9.59 Å². The molecular weight excluding hydrogens is 385 g/mol. The first-order valence-corrected chi connectivity index (χ1v) is 9.20. The molecule has 144 valence electrons. The molecule has 28 heavy (non-hydrogen) atoms. The molecule has 1 fully saturated rings. The van der Waals surface area contributed by atoms with Crippen molar-refractivity contribution in [3.8, 4) is 11.1 Å². The molecule has 0 unspecified atom stereocenters. The predicted octanol–water partition coefficient (Wildman–Crippen LogP) is 2.77. The summed E-state index contributed by atoms with van der Waals surface area (Å²) in [5.74, 6) is -1.30. The molecule has 3 amide bonds. The SMILES string of the molecule is CC(=O)N1CCN2C(=O)c3cc(-c4ccc(Cl)cc4F)ccc3NC(=O)[C@H]2C1. The van der Waals surface area contributed by atoms with Crippen molar-refractivity contribution >= 4 is 35.0 Å². The number of fused-ring (bicyclic) bond motifs is 2. The van der Waals surface area contributed by atoms with Crippen molar-refractivity contribution < 1.29 is 18.8 Å². The standard InChI is InChI=1S/C20H17ClFN3O3/c1-11(26)24-6-7-25-18(10-24)19(27)23-17-5-2-12(8-15(17)20(25)28)14-4-3-13(21)9-16(14)22/h2-5,8-9,18H,6-7,10H2,1H3,(H,23,27)/t18-/m1/s1. The minimum atomic E-state index is -0.756. The molecule has 1 N–H and O–H groups in total. The molecule has 1 atom stereocenters. The van der Waals surface area contributed by atoms with Crippen molar-refractivity contribution in [2.24, 2.45) is 0 Å². The summed E-state index contributed by atoms with van der Waals surface area (Å²) in [6.45, 7) is 2.22. The van der Waals surface area contributed by atoms with Crippen molar-refractivity contribution in [1.82, 2.24) is 9.80 Å². The molecule has 2 aliphatic rings.